The molecule has 90 valence electrons. The van der Waals surface area contributed by atoms with Crippen molar-refractivity contribution >= 4 is 0 Å². The molecule has 1 aliphatic heterocycles. The Morgan fingerprint density at radius 2 is 1.73 bits per heavy atom. The Bertz CT molecular complexity index is 167. The molecule has 0 radical (unpaired) electrons. The van der Waals surface area contributed by atoms with E-state index in [9.17, 15) is 0 Å². The van der Waals surface area contributed by atoms with Crippen LogP contribution in [-0.4, -0.2) is 36.1 Å². The van der Waals surface area contributed by atoms with Crippen LogP contribution in [0.4, 0.5) is 0 Å². The summed E-state index contributed by atoms with van der Waals surface area (Å²) >= 11 is 0. The summed E-state index contributed by atoms with van der Waals surface area (Å²) in [6.45, 7) is 13.0. The second-order valence-corrected chi connectivity index (χ2v) is 4.79. The third-order valence-electron chi connectivity index (χ3n) is 4.39. The SMILES string of the molecule is CCC1CN(C(CC)(CC)CC)CCN1. The van der Waals surface area contributed by atoms with Crippen molar-refractivity contribution in [1.82, 2.24) is 10.2 Å². The molecule has 0 bridgehead atoms. The molecule has 2 nitrogen and oxygen atoms in total. The highest BCUT2D eigenvalue weighted by Gasteiger charge is 2.34. The fourth-order valence-electron chi connectivity index (χ4n) is 2.95. The Balaban J connectivity index is 2.66. The maximum atomic E-state index is 3.60. The smallest absolute Gasteiger partial charge is 0.0202 e. The van der Waals surface area contributed by atoms with Gasteiger partial charge in [0.1, 0.15) is 0 Å². The minimum absolute atomic E-state index is 0.468. The number of nitrogens with one attached hydrogen (secondary N) is 1. The molecule has 1 aliphatic rings. The predicted molar refractivity (Wildman–Crippen MR) is 67.3 cm³/mol. The lowest BCUT2D eigenvalue weighted by Gasteiger charge is -2.47. The minimum atomic E-state index is 0.468. The molecule has 0 aromatic carbocycles. The molecule has 0 saturated carbocycles. The summed E-state index contributed by atoms with van der Waals surface area (Å²) in [5.41, 5.74) is 0.468. The molecule has 0 spiro atoms. The number of rotatable bonds is 5. The number of hydrogen-bond donors (Lipinski definition) is 1. The summed E-state index contributed by atoms with van der Waals surface area (Å²) in [6, 6.07) is 0.711. The zero-order chi connectivity index (χ0) is 11.3. The van der Waals surface area contributed by atoms with Gasteiger partial charge < -0.3 is 5.32 Å². The van der Waals surface area contributed by atoms with Crippen LogP contribution in [0.2, 0.25) is 0 Å². The zero-order valence-electron chi connectivity index (χ0n) is 11.0. The van der Waals surface area contributed by atoms with E-state index < -0.39 is 0 Å². The van der Waals surface area contributed by atoms with Crippen LogP contribution >= 0.6 is 0 Å². The fraction of sp³-hybridized carbons (Fsp3) is 1.00. The lowest BCUT2D eigenvalue weighted by Crippen LogP contribution is -2.59. The summed E-state index contributed by atoms with van der Waals surface area (Å²) in [7, 11) is 0. The van der Waals surface area contributed by atoms with E-state index in [2.05, 4.69) is 37.9 Å². The van der Waals surface area contributed by atoms with Gasteiger partial charge in [0, 0.05) is 31.2 Å². The molecule has 0 aromatic heterocycles. The van der Waals surface area contributed by atoms with Crippen LogP contribution in [0.25, 0.3) is 0 Å². The zero-order valence-corrected chi connectivity index (χ0v) is 11.0. The molecular formula is C13H28N2. The Morgan fingerprint density at radius 3 is 2.20 bits per heavy atom. The number of piperazine rings is 1. The first kappa shape index (κ1) is 13.0. The Morgan fingerprint density at radius 1 is 1.13 bits per heavy atom. The summed E-state index contributed by atoms with van der Waals surface area (Å²) in [6.07, 6.45) is 5.12. The van der Waals surface area contributed by atoms with Crippen LogP contribution in [0.5, 0.6) is 0 Å². The Hall–Kier alpha value is -0.0800. The number of nitrogens with zero attached hydrogens (tertiary/aromatic N) is 1. The topological polar surface area (TPSA) is 15.3 Å². The highest BCUT2D eigenvalue weighted by atomic mass is 15.3. The lowest BCUT2D eigenvalue weighted by atomic mass is 9.86. The second kappa shape index (κ2) is 5.86. The van der Waals surface area contributed by atoms with Crippen LogP contribution in [0.15, 0.2) is 0 Å². The molecule has 2 heteroatoms. The van der Waals surface area contributed by atoms with Crippen LogP contribution in [0, 0.1) is 0 Å². The van der Waals surface area contributed by atoms with Gasteiger partial charge in [-0.25, -0.2) is 0 Å². The molecule has 0 aromatic rings. The van der Waals surface area contributed by atoms with E-state index in [0.29, 0.717) is 11.6 Å². The van der Waals surface area contributed by atoms with Crippen molar-refractivity contribution in [3.05, 3.63) is 0 Å². The Labute approximate surface area is 95.4 Å². The third-order valence-corrected chi connectivity index (χ3v) is 4.39. The highest BCUT2D eigenvalue weighted by molar-refractivity contribution is 4.92. The normalized spacial score (nSPS) is 24.4. The van der Waals surface area contributed by atoms with E-state index in [4.69, 9.17) is 0 Å². The molecule has 1 saturated heterocycles. The first-order chi connectivity index (χ1) is 7.22. The molecule has 1 rings (SSSR count). The molecule has 0 amide bonds. The highest BCUT2D eigenvalue weighted by Crippen LogP contribution is 2.28. The van der Waals surface area contributed by atoms with Gasteiger partial charge in [-0.1, -0.05) is 27.7 Å². The van der Waals surface area contributed by atoms with Crippen LogP contribution < -0.4 is 5.32 Å². The number of hydrogen-bond acceptors (Lipinski definition) is 2. The molecule has 1 fully saturated rings. The maximum Gasteiger partial charge on any atom is 0.0202 e. The monoisotopic (exact) mass is 212 g/mol. The first-order valence-corrected chi connectivity index (χ1v) is 6.70. The van der Waals surface area contributed by atoms with Gasteiger partial charge in [0.05, 0.1) is 0 Å². The molecule has 1 atom stereocenters. The summed E-state index contributed by atoms with van der Waals surface area (Å²) < 4.78 is 0. The molecule has 0 aliphatic carbocycles. The molecule has 15 heavy (non-hydrogen) atoms. The van der Waals surface area contributed by atoms with Crippen molar-refractivity contribution in [3.8, 4) is 0 Å². The van der Waals surface area contributed by atoms with Crippen molar-refractivity contribution < 1.29 is 0 Å². The molecular weight excluding hydrogens is 184 g/mol. The first-order valence-electron chi connectivity index (χ1n) is 6.70. The largest absolute Gasteiger partial charge is 0.311 e. The van der Waals surface area contributed by atoms with Gasteiger partial charge in [-0.05, 0) is 25.7 Å². The minimum Gasteiger partial charge on any atom is -0.311 e. The van der Waals surface area contributed by atoms with Gasteiger partial charge in [-0.15, -0.1) is 0 Å². The van der Waals surface area contributed by atoms with E-state index in [1.807, 2.05) is 0 Å². The van der Waals surface area contributed by atoms with Gasteiger partial charge in [0.2, 0.25) is 0 Å². The molecule has 1 N–H and O–H groups in total. The maximum absolute atomic E-state index is 3.60. The van der Waals surface area contributed by atoms with E-state index in [0.717, 1.165) is 0 Å². The summed E-state index contributed by atoms with van der Waals surface area (Å²) in [5.74, 6) is 0. The van der Waals surface area contributed by atoms with Crippen molar-refractivity contribution in [3.63, 3.8) is 0 Å². The van der Waals surface area contributed by atoms with Gasteiger partial charge >= 0.3 is 0 Å². The van der Waals surface area contributed by atoms with Gasteiger partial charge in [0.15, 0.2) is 0 Å². The quantitative estimate of drug-likeness (QED) is 0.753. The van der Waals surface area contributed by atoms with Crippen LogP contribution in [-0.2, 0) is 0 Å². The van der Waals surface area contributed by atoms with Gasteiger partial charge in [0.25, 0.3) is 0 Å². The van der Waals surface area contributed by atoms with E-state index in [1.165, 1.54) is 45.3 Å². The summed E-state index contributed by atoms with van der Waals surface area (Å²) in [5, 5.41) is 3.60. The average Bonchev–Trinajstić information content (AvgIpc) is 2.32. The van der Waals surface area contributed by atoms with Gasteiger partial charge in [-0.3, -0.25) is 4.90 Å². The average molecular weight is 212 g/mol. The van der Waals surface area contributed by atoms with Crippen molar-refractivity contribution in [2.75, 3.05) is 19.6 Å². The lowest BCUT2D eigenvalue weighted by molar-refractivity contribution is 0.0441. The van der Waals surface area contributed by atoms with Crippen LogP contribution in [0.1, 0.15) is 53.4 Å². The molecule has 1 heterocycles. The van der Waals surface area contributed by atoms with Crippen molar-refractivity contribution in [2.24, 2.45) is 0 Å². The molecule has 1 unspecified atom stereocenters. The Kier molecular flexibility index (Phi) is 5.07. The second-order valence-electron chi connectivity index (χ2n) is 4.79. The third kappa shape index (κ3) is 2.73. The van der Waals surface area contributed by atoms with Crippen LogP contribution in [0.3, 0.4) is 0 Å². The fourth-order valence-corrected chi connectivity index (χ4v) is 2.95. The van der Waals surface area contributed by atoms with E-state index in [1.54, 1.807) is 0 Å². The van der Waals surface area contributed by atoms with E-state index in [-0.39, 0.29) is 0 Å². The summed E-state index contributed by atoms with van der Waals surface area (Å²) in [4.78, 5) is 2.73. The van der Waals surface area contributed by atoms with Crippen molar-refractivity contribution in [2.45, 2.75) is 65.0 Å². The van der Waals surface area contributed by atoms with Gasteiger partial charge in [-0.2, -0.15) is 0 Å². The predicted octanol–water partition coefficient (Wildman–Crippen LogP) is 2.64. The standard InChI is InChI=1S/C13H28N2/c1-5-12-11-15(10-9-14-12)13(6-2,7-3)8-4/h12,14H,5-11H2,1-4H3. The van der Waals surface area contributed by atoms with Crippen molar-refractivity contribution in [1.29, 1.82) is 0 Å². The van der Waals surface area contributed by atoms with E-state index >= 15 is 0 Å².